The lowest BCUT2D eigenvalue weighted by molar-refractivity contribution is -0.380. The van der Waals surface area contributed by atoms with Crippen molar-refractivity contribution in [1.29, 1.82) is 0 Å². The van der Waals surface area contributed by atoms with Crippen molar-refractivity contribution in [3.05, 3.63) is 74.8 Å². The number of hydrogen-bond acceptors (Lipinski definition) is 5. The Hall–Kier alpha value is -2.60. The molecule has 1 aliphatic heterocycles. The minimum absolute atomic E-state index is 0.142. The van der Waals surface area contributed by atoms with Gasteiger partial charge in [0.2, 0.25) is 0 Å². The smallest absolute Gasteiger partial charge is 0.324 e. The molecule has 0 radical (unpaired) electrons. The fraction of sp³-hybridized carbons (Fsp3) is 0.0667. The molecule has 2 aromatic rings. The molecule has 0 spiro atoms. The van der Waals surface area contributed by atoms with Gasteiger partial charge in [-0.15, -0.1) is 0 Å². The van der Waals surface area contributed by atoms with Crippen LogP contribution in [-0.4, -0.2) is 10.0 Å². The quantitative estimate of drug-likeness (QED) is 0.660. The number of aliphatic hydroxyl groups is 1. The van der Waals surface area contributed by atoms with Crippen molar-refractivity contribution in [1.82, 2.24) is 0 Å². The van der Waals surface area contributed by atoms with Crippen molar-refractivity contribution in [2.24, 2.45) is 0 Å². The minimum Gasteiger partial charge on any atom is -0.507 e. The molecule has 0 saturated heterocycles. The molecule has 1 aliphatic rings. The van der Waals surface area contributed by atoms with E-state index in [0.717, 1.165) is 33.2 Å². The number of rotatable bonds is 3. The second-order valence-electron chi connectivity index (χ2n) is 4.56. The van der Waals surface area contributed by atoms with Crippen LogP contribution in [-0.2, 0) is 6.42 Å². The normalized spacial score (nSPS) is 15.2. The van der Waals surface area contributed by atoms with E-state index in [9.17, 15) is 15.2 Å². The molecule has 1 aromatic carbocycles. The number of anilines is 1. The van der Waals surface area contributed by atoms with E-state index in [2.05, 4.69) is 5.32 Å². The van der Waals surface area contributed by atoms with Crippen LogP contribution in [0.1, 0.15) is 10.4 Å². The summed E-state index contributed by atoms with van der Waals surface area (Å²) in [5.41, 5.74) is 2.39. The molecule has 0 atom stereocenters. The maximum Gasteiger partial charge on any atom is 0.324 e. The predicted molar refractivity (Wildman–Crippen MR) is 83.4 cm³/mol. The van der Waals surface area contributed by atoms with Crippen LogP contribution >= 0.6 is 11.3 Å². The third kappa shape index (κ3) is 2.80. The van der Waals surface area contributed by atoms with Gasteiger partial charge < -0.3 is 10.4 Å². The lowest BCUT2D eigenvalue weighted by Gasteiger charge is -2.17. The first-order valence-electron chi connectivity index (χ1n) is 6.34. The van der Waals surface area contributed by atoms with Gasteiger partial charge in [0.1, 0.15) is 5.76 Å². The van der Waals surface area contributed by atoms with Gasteiger partial charge in [-0.3, -0.25) is 10.1 Å². The number of nitrogens with one attached hydrogen (secondary N) is 1. The minimum atomic E-state index is -0.387. The van der Waals surface area contributed by atoms with Gasteiger partial charge in [0.25, 0.3) is 0 Å². The molecule has 0 saturated carbocycles. The summed E-state index contributed by atoms with van der Waals surface area (Å²) >= 11 is 1.16. The van der Waals surface area contributed by atoms with Crippen molar-refractivity contribution in [2.45, 2.75) is 6.42 Å². The zero-order valence-electron chi connectivity index (χ0n) is 10.9. The number of allylic oxidation sites excluding steroid dienone is 2. The van der Waals surface area contributed by atoms with Gasteiger partial charge in [-0.05, 0) is 18.2 Å². The van der Waals surface area contributed by atoms with E-state index in [0.29, 0.717) is 6.42 Å². The maximum absolute atomic E-state index is 10.6. The second-order valence-corrected chi connectivity index (χ2v) is 5.71. The van der Waals surface area contributed by atoms with E-state index < -0.39 is 0 Å². The molecule has 0 aliphatic carbocycles. The molecule has 0 bridgehead atoms. The van der Waals surface area contributed by atoms with Crippen LogP contribution in [0.4, 0.5) is 10.7 Å². The number of thiophene rings is 1. The first kappa shape index (κ1) is 13.4. The fourth-order valence-corrected chi connectivity index (χ4v) is 2.91. The average molecular weight is 300 g/mol. The largest absolute Gasteiger partial charge is 0.507 e. The summed E-state index contributed by atoms with van der Waals surface area (Å²) in [7, 11) is 0. The second kappa shape index (κ2) is 5.41. The van der Waals surface area contributed by atoms with Gasteiger partial charge >= 0.3 is 5.00 Å². The summed E-state index contributed by atoms with van der Waals surface area (Å²) in [6, 6.07) is 10.8. The van der Waals surface area contributed by atoms with Gasteiger partial charge in [-0.2, -0.15) is 0 Å². The number of nitrogens with zero attached hydrogens (tertiary/aromatic N) is 1. The molecule has 0 unspecified atom stereocenters. The summed E-state index contributed by atoms with van der Waals surface area (Å²) < 4.78 is 0. The average Bonchev–Trinajstić information content (AvgIpc) is 2.94. The first-order chi connectivity index (χ1) is 10.1. The highest BCUT2D eigenvalue weighted by Crippen LogP contribution is 2.30. The van der Waals surface area contributed by atoms with Crippen molar-refractivity contribution in [3.63, 3.8) is 0 Å². The Kier molecular flexibility index (Phi) is 3.45. The standard InChI is InChI=1S/C15H12N2O3S/c18-14-9-10(16-13-4-2-1-3-12(13)14)5-6-11-7-8-15(21-11)17(19)20/h1-5,7-9,16,18H,6H2/b10-5+. The Morgan fingerprint density at radius 3 is 2.86 bits per heavy atom. The Morgan fingerprint density at radius 2 is 2.10 bits per heavy atom. The van der Waals surface area contributed by atoms with Crippen molar-refractivity contribution >= 4 is 27.8 Å². The summed E-state index contributed by atoms with van der Waals surface area (Å²) in [4.78, 5) is 11.2. The number of fused-ring (bicyclic) bond motifs is 1. The molecule has 106 valence electrons. The molecule has 0 amide bonds. The zero-order chi connectivity index (χ0) is 14.8. The highest BCUT2D eigenvalue weighted by atomic mass is 32.1. The topological polar surface area (TPSA) is 75.4 Å². The van der Waals surface area contributed by atoms with Crippen LogP contribution in [0.5, 0.6) is 0 Å². The van der Waals surface area contributed by atoms with Crippen LogP contribution in [0, 0.1) is 10.1 Å². The number of para-hydroxylation sites is 1. The highest BCUT2D eigenvalue weighted by Gasteiger charge is 2.13. The molecule has 5 nitrogen and oxygen atoms in total. The molecular formula is C15H12N2O3S. The van der Waals surface area contributed by atoms with Crippen LogP contribution in [0.3, 0.4) is 0 Å². The number of hydrogen-bond donors (Lipinski definition) is 2. The van der Waals surface area contributed by atoms with E-state index in [-0.39, 0.29) is 15.7 Å². The first-order valence-corrected chi connectivity index (χ1v) is 7.15. The van der Waals surface area contributed by atoms with Crippen LogP contribution < -0.4 is 5.32 Å². The van der Waals surface area contributed by atoms with Gasteiger partial charge in [0.15, 0.2) is 0 Å². The van der Waals surface area contributed by atoms with E-state index in [4.69, 9.17) is 0 Å². The molecule has 2 heterocycles. The monoisotopic (exact) mass is 300 g/mol. The Bertz CT molecular complexity index is 762. The fourth-order valence-electron chi connectivity index (χ4n) is 2.13. The molecule has 2 N–H and O–H groups in total. The lowest BCUT2D eigenvalue weighted by Crippen LogP contribution is -2.06. The van der Waals surface area contributed by atoms with E-state index in [1.807, 2.05) is 30.3 Å². The highest BCUT2D eigenvalue weighted by molar-refractivity contribution is 7.15. The zero-order valence-corrected chi connectivity index (χ0v) is 11.8. The number of benzene rings is 1. The van der Waals surface area contributed by atoms with Crippen LogP contribution in [0.15, 0.2) is 54.2 Å². The van der Waals surface area contributed by atoms with E-state index >= 15 is 0 Å². The third-order valence-electron chi connectivity index (χ3n) is 3.12. The molecule has 21 heavy (non-hydrogen) atoms. The van der Waals surface area contributed by atoms with E-state index in [1.165, 1.54) is 6.07 Å². The van der Waals surface area contributed by atoms with Gasteiger partial charge in [-0.25, -0.2) is 0 Å². The van der Waals surface area contributed by atoms with Gasteiger partial charge in [-0.1, -0.05) is 29.5 Å². The van der Waals surface area contributed by atoms with Crippen molar-refractivity contribution < 1.29 is 10.0 Å². The SMILES string of the molecule is O=[N+]([O-])c1ccc(C/C=C2\C=C(O)c3ccccc3N2)s1. The lowest BCUT2D eigenvalue weighted by atomic mass is 10.1. The third-order valence-corrected chi connectivity index (χ3v) is 4.18. The summed E-state index contributed by atoms with van der Waals surface area (Å²) in [5.74, 6) is 0.216. The van der Waals surface area contributed by atoms with Crippen LogP contribution in [0.25, 0.3) is 5.76 Å². The summed E-state index contributed by atoms with van der Waals surface area (Å²) in [5, 5.41) is 24.0. The Labute approximate surface area is 125 Å². The summed E-state index contributed by atoms with van der Waals surface area (Å²) in [6.45, 7) is 0. The molecular weight excluding hydrogens is 288 g/mol. The van der Waals surface area contributed by atoms with Crippen LogP contribution in [0.2, 0.25) is 0 Å². The van der Waals surface area contributed by atoms with E-state index in [1.54, 1.807) is 12.1 Å². The number of nitro groups is 1. The van der Waals surface area contributed by atoms with Crippen molar-refractivity contribution in [3.8, 4) is 0 Å². The molecule has 0 fully saturated rings. The number of aliphatic hydroxyl groups excluding tert-OH is 1. The predicted octanol–water partition coefficient (Wildman–Crippen LogP) is 4.11. The van der Waals surface area contributed by atoms with Gasteiger partial charge in [0.05, 0.1) is 4.92 Å². The molecule has 6 heteroatoms. The Balaban J connectivity index is 1.79. The molecule has 1 aromatic heterocycles. The maximum atomic E-state index is 10.6. The summed E-state index contributed by atoms with van der Waals surface area (Å²) in [6.07, 6.45) is 4.14. The Morgan fingerprint density at radius 1 is 1.29 bits per heavy atom. The molecule has 3 rings (SSSR count). The van der Waals surface area contributed by atoms with Gasteiger partial charge in [0, 0.05) is 40.4 Å². The van der Waals surface area contributed by atoms with Crippen molar-refractivity contribution in [2.75, 3.05) is 5.32 Å².